The number of dihydropyridines is 1. The van der Waals surface area contributed by atoms with E-state index in [4.69, 9.17) is 0 Å². The number of allylic oxidation sites excluding steroid dienone is 2. The van der Waals surface area contributed by atoms with Gasteiger partial charge in [-0.1, -0.05) is 42.5 Å². The van der Waals surface area contributed by atoms with Crippen molar-refractivity contribution in [3.8, 4) is 0 Å². The highest BCUT2D eigenvalue weighted by atomic mass is 16.2. The molecule has 0 spiro atoms. The Hall–Kier alpha value is -3.74. The molecule has 0 saturated heterocycles. The molecule has 1 aliphatic carbocycles. The average molecular weight is 411 g/mol. The normalized spacial score (nSPS) is 22.8. The average Bonchev–Trinajstić information content (AvgIpc) is 3.09. The summed E-state index contributed by atoms with van der Waals surface area (Å²) in [6, 6.07) is 11.8. The second kappa shape index (κ2) is 7.50. The van der Waals surface area contributed by atoms with Crippen molar-refractivity contribution < 1.29 is 9.59 Å². The van der Waals surface area contributed by atoms with Gasteiger partial charge in [-0.25, -0.2) is 15.0 Å². The predicted octanol–water partition coefficient (Wildman–Crippen LogP) is 3.44. The molecule has 2 atom stereocenters. The van der Waals surface area contributed by atoms with Gasteiger partial charge >= 0.3 is 0 Å². The fraction of sp³-hybridized carbons (Fsp3) is 0.250. The lowest BCUT2D eigenvalue weighted by Gasteiger charge is -2.28. The number of hydrazone groups is 1. The minimum Gasteiger partial charge on any atom is -0.294 e. The van der Waals surface area contributed by atoms with Crippen LogP contribution in [0.1, 0.15) is 29.8 Å². The fourth-order valence-corrected chi connectivity index (χ4v) is 4.29. The number of benzene rings is 1. The van der Waals surface area contributed by atoms with E-state index in [9.17, 15) is 9.59 Å². The molecule has 0 radical (unpaired) electrons. The van der Waals surface area contributed by atoms with Crippen LogP contribution in [0.15, 0.2) is 63.7 Å². The zero-order valence-corrected chi connectivity index (χ0v) is 17.3. The molecular formula is C24H21N5O2. The lowest BCUT2D eigenvalue weighted by Crippen LogP contribution is -2.35. The van der Waals surface area contributed by atoms with E-state index in [0.717, 1.165) is 22.5 Å². The molecule has 0 N–H and O–H groups in total. The number of hydrogen-bond acceptors (Lipinski definition) is 6. The molecule has 1 aromatic heterocycles. The van der Waals surface area contributed by atoms with Crippen LogP contribution >= 0.6 is 0 Å². The summed E-state index contributed by atoms with van der Waals surface area (Å²) in [6.07, 6.45) is 6.67. The van der Waals surface area contributed by atoms with Crippen LogP contribution in [0.2, 0.25) is 0 Å². The maximum atomic E-state index is 13.3. The van der Waals surface area contributed by atoms with E-state index in [1.165, 1.54) is 5.01 Å². The number of hydrogen-bond donors (Lipinski definition) is 0. The van der Waals surface area contributed by atoms with Gasteiger partial charge < -0.3 is 0 Å². The van der Waals surface area contributed by atoms with Gasteiger partial charge in [-0.15, -0.1) is 5.10 Å². The van der Waals surface area contributed by atoms with E-state index in [0.29, 0.717) is 24.3 Å². The Morgan fingerprint density at radius 2 is 1.77 bits per heavy atom. The van der Waals surface area contributed by atoms with Gasteiger partial charge in [-0.2, -0.15) is 5.01 Å². The summed E-state index contributed by atoms with van der Waals surface area (Å²) in [5.74, 6) is -0.235. The van der Waals surface area contributed by atoms with E-state index >= 15 is 0 Å². The summed E-state index contributed by atoms with van der Waals surface area (Å²) in [5.41, 5.74) is 3.94. The monoisotopic (exact) mass is 411 g/mol. The van der Waals surface area contributed by atoms with Gasteiger partial charge in [0.15, 0.2) is 11.6 Å². The maximum absolute atomic E-state index is 13.3. The molecule has 3 aliphatic rings. The van der Waals surface area contributed by atoms with Crippen molar-refractivity contribution in [2.24, 2.45) is 21.9 Å². The van der Waals surface area contributed by atoms with Gasteiger partial charge in [0.1, 0.15) is 5.92 Å². The quantitative estimate of drug-likeness (QED) is 0.774. The zero-order valence-electron chi connectivity index (χ0n) is 17.3. The lowest BCUT2D eigenvalue weighted by atomic mass is 9.76. The van der Waals surface area contributed by atoms with Crippen molar-refractivity contribution in [3.63, 3.8) is 0 Å². The third-order valence-corrected chi connectivity index (χ3v) is 5.69. The van der Waals surface area contributed by atoms with E-state index in [-0.39, 0.29) is 23.6 Å². The maximum Gasteiger partial charge on any atom is 0.265 e. The molecule has 2 aliphatic heterocycles. The standard InChI is InChI=1S/C24H21N5O2/c1-14-10-15(2)27-24(26-14)29-23(31)21-18-11-17(9-8-16-6-4-3-5-7-16)12-20(30)19(18)13-25-22(21)28-29/h3-10,13,17,21H,11-12H2,1-2H3/b9-8+. The van der Waals surface area contributed by atoms with Gasteiger partial charge in [-0.05, 0) is 43.4 Å². The minimum atomic E-state index is -0.652. The molecule has 1 aromatic carbocycles. The highest BCUT2D eigenvalue weighted by molar-refractivity contribution is 6.26. The number of carbonyl (C=O) groups excluding carboxylic acids is 2. The highest BCUT2D eigenvalue weighted by Crippen LogP contribution is 2.39. The van der Waals surface area contributed by atoms with Crippen LogP contribution < -0.4 is 5.01 Å². The molecule has 0 bridgehead atoms. The molecule has 2 aromatic rings. The molecule has 0 fully saturated rings. The number of ketones is 1. The number of rotatable bonds is 3. The second-order valence-electron chi connectivity index (χ2n) is 8.05. The molecule has 2 unspecified atom stereocenters. The summed E-state index contributed by atoms with van der Waals surface area (Å²) in [7, 11) is 0. The van der Waals surface area contributed by atoms with Gasteiger partial charge in [0.05, 0.1) is 0 Å². The number of anilines is 1. The number of carbonyl (C=O) groups is 2. The first-order valence-corrected chi connectivity index (χ1v) is 10.3. The summed E-state index contributed by atoms with van der Waals surface area (Å²) in [6.45, 7) is 3.70. The van der Waals surface area contributed by atoms with Gasteiger partial charge in [0.2, 0.25) is 0 Å². The van der Waals surface area contributed by atoms with Crippen LogP contribution in [0.25, 0.3) is 6.08 Å². The van der Waals surface area contributed by atoms with Crippen molar-refractivity contribution in [1.82, 2.24) is 9.97 Å². The highest BCUT2D eigenvalue weighted by Gasteiger charge is 2.45. The number of aryl methyl sites for hydroxylation is 2. The van der Waals surface area contributed by atoms with E-state index in [2.05, 4.69) is 26.1 Å². The Kier molecular flexibility index (Phi) is 4.66. The SMILES string of the molecule is Cc1cc(C)nc(N2N=C3N=CC4=C(CC(/C=C/c5ccccc5)CC4=O)C3C2=O)n1. The first-order valence-electron chi connectivity index (χ1n) is 10.3. The Morgan fingerprint density at radius 1 is 1.03 bits per heavy atom. The van der Waals surface area contributed by atoms with Crippen molar-refractivity contribution in [2.45, 2.75) is 26.7 Å². The molecular weight excluding hydrogens is 390 g/mol. The van der Waals surface area contributed by atoms with E-state index in [1.54, 1.807) is 6.21 Å². The summed E-state index contributed by atoms with van der Waals surface area (Å²) >= 11 is 0. The van der Waals surface area contributed by atoms with Crippen LogP contribution in [0.3, 0.4) is 0 Å². The molecule has 7 heteroatoms. The van der Waals surface area contributed by atoms with Crippen LogP contribution in [-0.4, -0.2) is 33.7 Å². The summed E-state index contributed by atoms with van der Waals surface area (Å²) in [4.78, 5) is 39.2. The van der Waals surface area contributed by atoms with Crippen molar-refractivity contribution in [1.29, 1.82) is 0 Å². The number of aliphatic imine (C=N–C) groups is 1. The van der Waals surface area contributed by atoms with Crippen LogP contribution in [0, 0.1) is 25.7 Å². The zero-order chi connectivity index (χ0) is 21.5. The van der Waals surface area contributed by atoms with Crippen molar-refractivity contribution in [3.05, 3.63) is 70.6 Å². The number of nitrogens with zero attached hydrogens (tertiary/aromatic N) is 5. The summed E-state index contributed by atoms with van der Waals surface area (Å²) < 4.78 is 0. The largest absolute Gasteiger partial charge is 0.294 e. The Bertz CT molecular complexity index is 1190. The Balaban J connectivity index is 1.44. The fourth-order valence-electron chi connectivity index (χ4n) is 4.29. The first-order chi connectivity index (χ1) is 15.0. The third-order valence-electron chi connectivity index (χ3n) is 5.69. The second-order valence-corrected chi connectivity index (χ2v) is 8.05. The number of amidine groups is 1. The van der Waals surface area contributed by atoms with E-state index < -0.39 is 5.92 Å². The smallest absolute Gasteiger partial charge is 0.265 e. The van der Waals surface area contributed by atoms with Crippen LogP contribution in [-0.2, 0) is 9.59 Å². The first kappa shape index (κ1) is 19.2. The topological polar surface area (TPSA) is 87.9 Å². The van der Waals surface area contributed by atoms with Crippen LogP contribution in [0.5, 0.6) is 0 Å². The minimum absolute atomic E-state index is 0.0145. The van der Waals surface area contributed by atoms with Gasteiger partial charge in [-0.3, -0.25) is 9.59 Å². The van der Waals surface area contributed by atoms with Gasteiger partial charge in [0.25, 0.3) is 11.9 Å². The molecule has 0 saturated carbocycles. The third kappa shape index (κ3) is 3.52. The number of aromatic nitrogens is 2. The molecule has 5 rings (SSSR count). The molecule has 1 amide bonds. The molecule has 3 heterocycles. The molecule has 7 nitrogen and oxygen atoms in total. The summed E-state index contributed by atoms with van der Waals surface area (Å²) in [5, 5.41) is 5.62. The Labute approximate surface area is 179 Å². The van der Waals surface area contributed by atoms with E-state index in [1.807, 2.05) is 56.3 Å². The molecule has 31 heavy (non-hydrogen) atoms. The van der Waals surface area contributed by atoms with Gasteiger partial charge in [0, 0.05) is 29.6 Å². The number of amides is 1. The van der Waals surface area contributed by atoms with Crippen molar-refractivity contribution >= 4 is 35.8 Å². The predicted molar refractivity (Wildman–Crippen MR) is 119 cm³/mol. The van der Waals surface area contributed by atoms with Crippen LogP contribution in [0.4, 0.5) is 5.95 Å². The Morgan fingerprint density at radius 3 is 2.52 bits per heavy atom. The molecule has 154 valence electrons. The van der Waals surface area contributed by atoms with Crippen molar-refractivity contribution in [2.75, 3.05) is 5.01 Å². The number of Topliss-reactive ketones (excluding diaryl/α,β-unsaturated/α-hetero) is 1. The lowest BCUT2D eigenvalue weighted by molar-refractivity contribution is -0.119. The number of fused-ring (bicyclic) bond motifs is 2.